The predicted molar refractivity (Wildman–Crippen MR) is 71.4 cm³/mol. The van der Waals surface area contributed by atoms with Crippen molar-refractivity contribution in [1.82, 2.24) is 0 Å². The number of nitrogens with zero attached hydrogens (tertiary/aromatic N) is 1. The maximum atomic E-state index is 12.2. The van der Waals surface area contributed by atoms with Crippen molar-refractivity contribution in [3.8, 4) is 0 Å². The zero-order chi connectivity index (χ0) is 13.9. The number of para-hydroxylation sites is 1. The molecule has 2 aromatic rings. The monoisotopic (exact) mass is 278 g/mol. The second kappa shape index (κ2) is 5.40. The van der Waals surface area contributed by atoms with E-state index < -0.39 is 9.84 Å². The lowest BCUT2D eigenvalue weighted by molar-refractivity contribution is 0.296. The van der Waals surface area contributed by atoms with Gasteiger partial charge in [0, 0.05) is 0 Å². The lowest BCUT2D eigenvalue weighted by atomic mass is 10.2. The van der Waals surface area contributed by atoms with Crippen LogP contribution in [0.1, 0.15) is 5.56 Å². The Bertz CT molecular complexity index is 653. The highest BCUT2D eigenvalue weighted by Gasteiger charge is 2.17. The summed E-state index contributed by atoms with van der Waals surface area (Å²) in [5.41, 5.74) is 0.186. The molecule has 0 heterocycles. The fraction of sp³-hybridized carbons (Fsp3) is 0.0769. The van der Waals surface area contributed by atoms with Gasteiger partial charge in [0.15, 0.2) is 9.84 Å². The summed E-state index contributed by atoms with van der Waals surface area (Å²) in [4.78, 5) is 0.181. The van der Waals surface area contributed by atoms with Crippen LogP contribution in [0.4, 0.5) is 5.69 Å². The largest absolute Gasteiger partial charge is 0.733 e. The Morgan fingerprint density at radius 1 is 1.00 bits per heavy atom. The highest BCUT2D eigenvalue weighted by molar-refractivity contribution is 7.90. The molecule has 100 valence electrons. The number of hydrogen-bond acceptors (Lipinski definition) is 5. The van der Waals surface area contributed by atoms with Crippen molar-refractivity contribution in [1.29, 1.82) is 0 Å². The van der Waals surface area contributed by atoms with Crippen LogP contribution in [0.2, 0.25) is 0 Å². The minimum atomic E-state index is -3.55. The molecular weight excluding hydrogens is 266 g/mol. The SMILES string of the molecule is O=S(=O)(Cc1ccccc1N([O-])O)c1ccccc1. The van der Waals surface area contributed by atoms with Gasteiger partial charge in [-0.25, -0.2) is 8.42 Å². The number of rotatable bonds is 4. The predicted octanol–water partition coefficient (Wildman–Crippen LogP) is 2.35. The molecule has 0 amide bonds. The highest BCUT2D eigenvalue weighted by atomic mass is 32.2. The first-order valence-corrected chi connectivity index (χ1v) is 7.18. The van der Waals surface area contributed by atoms with Gasteiger partial charge in [0.25, 0.3) is 0 Å². The molecule has 0 aliphatic rings. The average Bonchev–Trinajstić information content (AvgIpc) is 2.39. The lowest BCUT2D eigenvalue weighted by Crippen LogP contribution is -2.12. The average molecular weight is 278 g/mol. The molecule has 0 fully saturated rings. The van der Waals surface area contributed by atoms with Gasteiger partial charge in [-0.15, -0.1) is 0 Å². The van der Waals surface area contributed by atoms with Gasteiger partial charge in [0.1, 0.15) is 0 Å². The van der Waals surface area contributed by atoms with E-state index in [1.807, 2.05) is 0 Å². The third-order valence-corrected chi connectivity index (χ3v) is 4.33. The normalized spacial score (nSPS) is 11.3. The molecule has 1 N–H and O–H groups in total. The van der Waals surface area contributed by atoms with Gasteiger partial charge in [0.05, 0.1) is 16.3 Å². The maximum Gasteiger partial charge on any atom is 0.182 e. The minimum Gasteiger partial charge on any atom is -0.733 e. The minimum absolute atomic E-state index is 0.0676. The van der Waals surface area contributed by atoms with Gasteiger partial charge >= 0.3 is 0 Å². The van der Waals surface area contributed by atoms with Gasteiger partial charge < -0.3 is 10.4 Å². The molecule has 0 saturated carbocycles. The first kappa shape index (κ1) is 13.5. The third kappa shape index (κ3) is 3.11. The van der Waals surface area contributed by atoms with E-state index in [0.29, 0.717) is 0 Å². The molecule has 0 spiro atoms. The second-order valence-electron chi connectivity index (χ2n) is 3.97. The van der Waals surface area contributed by atoms with Crippen molar-refractivity contribution in [2.75, 3.05) is 5.23 Å². The number of anilines is 1. The molecule has 0 aliphatic heterocycles. The summed E-state index contributed by atoms with van der Waals surface area (Å²) in [5.74, 6) is -0.341. The van der Waals surface area contributed by atoms with E-state index in [1.54, 1.807) is 30.3 Å². The molecule has 0 atom stereocenters. The Kier molecular flexibility index (Phi) is 3.84. The number of hydrogen-bond donors (Lipinski definition) is 1. The van der Waals surface area contributed by atoms with E-state index in [4.69, 9.17) is 5.21 Å². The molecule has 0 aliphatic carbocycles. The van der Waals surface area contributed by atoms with E-state index >= 15 is 0 Å². The molecule has 0 saturated heterocycles. The molecular formula is C13H12NO4S-. The van der Waals surface area contributed by atoms with Gasteiger partial charge in [-0.05, 0) is 23.8 Å². The Hall–Kier alpha value is -1.89. The molecule has 0 aromatic heterocycles. The highest BCUT2D eigenvalue weighted by Crippen LogP contribution is 2.23. The first-order valence-electron chi connectivity index (χ1n) is 5.52. The molecule has 2 rings (SSSR count). The zero-order valence-electron chi connectivity index (χ0n) is 9.93. The van der Waals surface area contributed by atoms with Gasteiger partial charge in [-0.2, -0.15) is 0 Å². The molecule has 19 heavy (non-hydrogen) atoms. The molecule has 0 bridgehead atoms. The Labute approximate surface area is 111 Å². The summed E-state index contributed by atoms with van der Waals surface area (Å²) < 4.78 is 24.3. The van der Waals surface area contributed by atoms with Crippen LogP contribution < -0.4 is 5.23 Å². The summed E-state index contributed by atoms with van der Waals surface area (Å²) in [6.07, 6.45) is 0. The van der Waals surface area contributed by atoms with Gasteiger partial charge in [-0.1, -0.05) is 36.4 Å². The van der Waals surface area contributed by atoms with Crippen molar-refractivity contribution >= 4 is 15.5 Å². The van der Waals surface area contributed by atoms with Crippen LogP contribution in [-0.4, -0.2) is 13.6 Å². The molecule has 6 heteroatoms. The molecule has 2 aromatic carbocycles. The van der Waals surface area contributed by atoms with Crippen LogP contribution in [0, 0.1) is 5.21 Å². The second-order valence-corrected chi connectivity index (χ2v) is 5.96. The number of sulfone groups is 1. The van der Waals surface area contributed by atoms with E-state index in [1.165, 1.54) is 24.3 Å². The fourth-order valence-electron chi connectivity index (χ4n) is 1.74. The fourth-order valence-corrected chi connectivity index (χ4v) is 3.13. The maximum absolute atomic E-state index is 12.2. The van der Waals surface area contributed by atoms with Crippen molar-refractivity contribution in [3.05, 3.63) is 65.4 Å². The Balaban J connectivity index is 2.37. The van der Waals surface area contributed by atoms with Crippen molar-refractivity contribution in [2.45, 2.75) is 10.6 Å². The third-order valence-electron chi connectivity index (χ3n) is 2.65. The van der Waals surface area contributed by atoms with E-state index in [2.05, 4.69) is 0 Å². The first-order chi connectivity index (χ1) is 9.00. The van der Waals surface area contributed by atoms with E-state index in [9.17, 15) is 13.6 Å². The van der Waals surface area contributed by atoms with Crippen molar-refractivity contribution in [2.24, 2.45) is 0 Å². The topological polar surface area (TPSA) is 80.7 Å². The zero-order valence-corrected chi connectivity index (χ0v) is 10.7. The van der Waals surface area contributed by atoms with Crippen molar-refractivity contribution < 1.29 is 13.6 Å². The Morgan fingerprint density at radius 3 is 2.21 bits per heavy atom. The summed E-state index contributed by atoms with van der Waals surface area (Å²) in [7, 11) is -3.55. The van der Waals surface area contributed by atoms with Crippen molar-refractivity contribution in [3.63, 3.8) is 0 Å². The van der Waals surface area contributed by atoms with E-state index in [0.717, 1.165) is 0 Å². The smallest absolute Gasteiger partial charge is 0.182 e. The van der Waals surface area contributed by atoms with Crippen LogP contribution in [0.15, 0.2) is 59.5 Å². The van der Waals surface area contributed by atoms with Gasteiger partial charge in [0.2, 0.25) is 0 Å². The standard InChI is InChI=1S/C13H12NO4S/c15-14(16)13-9-5-4-6-11(13)10-19(17,18)12-7-2-1-3-8-12/h1-9,15H,10H2/q-1. The van der Waals surface area contributed by atoms with Crippen LogP contribution >= 0.6 is 0 Å². The van der Waals surface area contributed by atoms with Crippen LogP contribution in [0.25, 0.3) is 0 Å². The summed E-state index contributed by atoms with van der Waals surface area (Å²) in [6.45, 7) is 0. The van der Waals surface area contributed by atoms with Crippen LogP contribution in [0.3, 0.4) is 0 Å². The molecule has 0 radical (unpaired) electrons. The molecule has 5 nitrogen and oxygen atoms in total. The summed E-state index contributed by atoms with van der Waals surface area (Å²) in [6, 6.07) is 14.0. The lowest BCUT2D eigenvalue weighted by Gasteiger charge is -2.24. The summed E-state index contributed by atoms with van der Waals surface area (Å²) in [5, 5.41) is 19.6. The van der Waals surface area contributed by atoms with Crippen LogP contribution in [-0.2, 0) is 15.6 Å². The van der Waals surface area contributed by atoms with Gasteiger partial charge in [-0.3, -0.25) is 5.21 Å². The molecule has 0 unspecified atom stereocenters. The Morgan fingerprint density at radius 2 is 1.58 bits per heavy atom. The summed E-state index contributed by atoms with van der Waals surface area (Å²) >= 11 is 0. The van der Waals surface area contributed by atoms with E-state index in [-0.39, 0.29) is 27.1 Å². The quantitative estimate of drug-likeness (QED) is 0.868. The number of benzene rings is 2. The van der Waals surface area contributed by atoms with Crippen LogP contribution in [0.5, 0.6) is 0 Å².